The van der Waals surface area contributed by atoms with E-state index in [0.717, 1.165) is 28.9 Å². The molecule has 21 heavy (non-hydrogen) atoms. The molecule has 1 aliphatic heterocycles. The number of rotatable bonds is 5. The fourth-order valence-electron chi connectivity index (χ4n) is 2.49. The molecule has 0 aliphatic carbocycles. The van der Waals surface area contributed by atoms with E-state index in [9.17, 15) is 0 Å². The Labute approximate surface area is 137 Å². The normalized spacial score (nSPS) is 15.0. The summed E-state index contributed by atoms with van der Waals surface area (Å²) in [4.78, 5) is 1.36. The SMILES string of the molecule is CCNC(Cc1cc(Br)cs1)c1ccc2c(c1)OCCO2. The first-order valence-electron chi connectivity index (χ1n) is 7.12. The van der Waals surface area contributed by atoms with E-state index in [2.05, 4.69) is 51.7 Å². The van der Waals surface area contributed by atoms with E-state index in [1.807, 2.05) is 6.07 Å². The minimum atomic E-state index is 0.288. The van der Waals surface area contributed by atoms with Gasteiger partial charge in [-0.2, -0.15) is 0 Å². The zero-order chi connectivity index (χ0) is 14.7. The van der Waals surface area contributed by atoms with Crippen molar-refractivity contribution in [3.05, 3.63) is 44.6 Å². The number of ether oxygens (including phenoxy) is 2. The molecule has 0 saturated carbocycles. The van der Waals surface area contributed by atoms with Gasteiger partial charge < -0.3 is 14.8 Å². The lowest BCUT2D eigenvalue weighted by molar-refractivity contribution is 0.171. The number of halogens is 1. The van der Waals surface area contributed by atoms with Crippen LogP contribution in [0.25, 0.3) is 0 Å². The first-order chi connectivity index (χ1) is 10.3. The van der Waals surface area contributed by atoms with Crippen molar-refractivity contribution in [2.75, 3.05) is 19.8 Å². The van der Waals surface area contributed by atoms with Gasteiger partial charge in [0.25, 0.3) is 0 Å². The Morgan fingerprint density at radius 2 is 2.05 bits per heavy atom. The molecule has 0 amide bonds. The number of nitrogens with one attached hydrogen (secondary N) is 1. The van der Waals surface area contributed by atoms with E-state index >= 15 is 0 Å². The molecule has 1 aromatic heterocycles. The maximum atomic E-state index is 5.69. The van der Waals surface area contributed by atoms with Crippen molar-refractivity contribution in [1.82, 2.24) is 5.32 Å². The summed E-state index contributed by atoms with van der Waals surface area (Å²) in [5.41, 5.74) is 1.24. The zero-order valence-electron chi connectivity index (χ0n) is 11.9. The lowest BCUT2D eigenvalue weighted by Crippen LogP contribution is -2.23. The number of hydrogen-bond donors (Lipinski definition) is 1. The highest BCUT2D eigenvalue weighted by Crippen LogP contribution is 2.34. The molecular formula is C16H18BrNO2S. The molecule has 1 aliphatic rings. The van der Waals surface area contributed by atoms with Crippen molar-refractivity contribution in [1.29, 1.82) is 0 Å². The van der Waals surface area contributed by atoms with Crippen LogP contribution in [0.1, 0.15) is 23.4 Å². The third-order valence-electron chi connectivity index (χ3n) is 3.45. The number of hydrogen-bond acceptors (Lipinski definition) is 4. The van der Waals surface area contributed by atoms with E-state index in [1.165, 1.54) is 10.4 Å². The smallest absolute Gasteiger partial charge is 0.161 e. The van der Waals surface area contributed by atoms with Crippen molar-refractivity contribution in [3.63, 3.8) is 0 Å². The summed E-state index contributed by atoms with van der Waals surface area (Å²) >= 11 is 5.30. The predicted octanol–water partition coefficient (Wildman–Crippen LogP) is 4.18. The average molecular weight is 368 g/mol. The first kappa shape index (κ1) is 14.9. The maximum Gasteiger partial charge on any atom is 0.161 e. The maximum absolute atomic E-state index is 5.69. The van der Waals surface area contributed by atoms with Crippen LogP contribution in [0.4, 0.5) is 0 Å². The van der Waals surface area contributed by atoms with Crippen LogP contribution in [0.15, 0.2) is 34.1 Å². The summed E-state index contributed by atoms with van der Waals surface area (Å²) in [5, 5.41) is 5.69. The highest BCUT2D eigenvalue weighted by Gasteiger charge is 2.17. The highest BCUT2D eigenvalue weighted by molar-refractivity contribution is 9.10. The van der Waals surface area contributed by atoms with Crippen LogP contribution in [0.2, 0.25) is 0 Å². The van der Waals surface area contributed by atoms with Gasteiger partial charge in [-0.15, -0.1) is 11.3 Å². The summed E-state index contributed by atoms with van der Waals surface area (Å²) in [6.45, 7) is 4.33. The molecule has 1 N–H and O–H groups in total. The fraction of sp³-hybridized carbons (Fsp3) is 0.375. The molecule has 1 aromatic carbocycles. The second-order valence-electron chi connectivity index (χ2n) is 4.95. The number of likely N-dealkylation sites (N-methyl/N-ethyl adjacent to an activating group) is 1. The molecule has 5 heteroatoms. The second kappa shape index (κ2) is 6.81. The Balaban J connectivity index is 1.82. The molecule has 1 unspecified atom stereocenters. The number of thiophene rings is 1. The minimum Gasteiger partial charge on any atom is -0.486 e. The molecule has 0 saturated heterocycles. The lowest BCUT2D eigenvalue weighted by atomic mass is 10.0. The van der Waals surface area contributed by atoms with Crippen molar-refractivity contribution in [3.8, 4) is 11.5 Å². The van der Waals surface area contributed by atoms with Gasteiger partial charge in [0, 0.05) is 27.2 Å². The average Bonchev–Trinajstić information content (AvgIpc) is 2.91. The summed E-state index contributed by atoms with van der Waals surface area (Å²) < 4.78 is 12.4. The van der Waals surface area contributed by atoms with E-state index in [0.29, 0.717) is 13.2 Å². The standard InChI is InChI=1S/C16H18BrNO2S/c1-2-18-14(9-13-8-12(17)10-21-13)11-3-4-15-16(7-11)20-6-5-19-15/h3-4,7-8,10,14,18H,2,5-6,9H2,1H3. The summed E-state index contributed by atoms with van der Waals surface area (Å²) in [6.07, 6.45) is 0.976. The molecule has 2 aromatic rings. The van der Waals surface area contributed by atoms with Crippen LogP contribution in [0, 0.1) is 0 Å². The van der Waals surface area contributed by atoms with Gasteiger partial charge in [-0.1, -0.05) is 13.0 Å². The quantitative estimate of drug-likeness (QED) is 0.859. The number of fused-ring (bicyclic) bond motifs is 1. The predicted molar refractivity (Wildman–Crippen MR) is 89.6 cm³/mol. The van der Waals surface area contributed by atoms with Gasteiger partial charge >= 0.3 is 0 Å². The Bertz CT molecular complexity index is 614. The Morgan fingerprint density at radius 3 is 2.76 bits per heavy atom. The molecule has 0 radical (unpaired) electrons. The lowest BCUT2D eigenvalue weighted by Gasteiger charge is -2.22. The van der Waals surface area contributed by atoms with E-state index in [4.69, 9.17) is 9.47 Å². The molecule has 1 atom stereocenters. The van der Waals surface area contributed by atoms with Gasteiger partial charge in [0.2, 0.25) is 0 Å². The Kier molecular flexibility index (Phi) is 4.83. The van der Waals surface area contributed by atoms with Crippen molar-refractivity contribution in [2.45, 2.75) is 19.4 Å². The van der Waals surface area contributed by atoms with Crippen LogP contribution in [-0.4, -0.2) is 19.8 Å². The fourth-order valence-corrected chi connectivity index (χ4v) is 3.99. The molecule has 2 heterocycles. The van der Waals surface area contributed by atoms with E-state index in [1.54, 1.807) is 11.3 Å². The zero-order valence-corrected chi connectivity index (χ0v) is 14.3. The minimum absolute atomic E-state index is 0.288. The summed E-state index contributed by atoms with van der Waals surface area (Å²) in [5.74, 6) is 1.70. The van der Waals surface area contributed by atoms with Crippen LogP contribution < -0.4 is 14.8 Å². The highest BCUT2D eigenvalue weighted by atomic mass is 79.9. The third-order valence-corrected chi connectivity index (χ3v) is 5.17. The number of benzene rings is 1. The van der Waals surface area contributed by atoms with Gasteiger partial charge in [0.15, 0.2) is 11.5 Å². The van der Waals surface area contributed by atoms with Gasteiger partial charge in [0.05, 0.1) is 0 Å². The largest absolute Gasteiger partial charge is 0.486 e. The summed E-state index contributed by atoms with van der Waals surface area (Å²) in [7, 11) is 0. The van der Waals surface area contributed by atoms with Crippen LogP contribution in [-0.2, 0) is 6.42 Å². The molecule has 3 rings (SSSR count). The van der Waals surface area contributed by atoms with E-state index in [-0.39, 0.29) is 6.04 Å². The van der Waals surface area contributed by atoms with Crippen molar-refractivity contribution >= 4 is 27.3 Å². The molecule has 0 bridgehead atoms. The molecule has 3 nitrogen and oxygen atoms in total. The first-order valence-corrected chi connectivity index (χ1v) is 8.79. The Morgan fingerprint density at radius 1 is 1.24 bits per heavy atom. The molecule has 112 valence electrons. The topological polar surface area (TPSA) is 30.5 Å². The van der Waals surface area contributed by atoms with Crippen LogP contribution >= 0.6 is 27.3 Å². The molecule has 0 spiro atoms. The second-order valence-corrected chi connectivity index (χ2v) is 6.86. The molecular weight excluding hydrogens is 350 g/mol. The van der Waals surface area contributed by atoms with Gasteiger partial charge in [0.1, 0.15) is 13.2 Å². The third kappa shape index (κ3) is 3.59. The molecule has 0 fully saturated rings. The van der Waals surface area contributed by atoms with Gasteiger partial charge in [-0.25, -0.2) is 0 Å². The van der Waals surface area contributed by atoms with Crippen molar-refractivity contribution in [2.24, 2.45) is 0 Å². The van der Waals surface area contributed by atoms with Gasteiger partial charge in [-0.3, -0.25) is 0 Å². The monoisotopic (exact) mass is 367 g/mol. The van der Waals surface area contributed by atoms with Gasteiger partial charge in [-0.05, 0) is 46.2 Å². The van der Waals surface area contributed by atoms with Crippen LogP contribution in [0.3, 0.4) is 0 Å². The Hall–Kier alpha value is -1.04. The van der Waals surface area contributed by atoms with Crippen LogP contribution in [0.5, 0.6) is 11.5 Å². The van der Waals surface area contributed by atoms with Crippen molar-refractivity contribution < 1.29 is 9.47 Å². The van der Waals surface area contributed by atoms with E-state index < -0.39 is 0 Å². The summed E-state index contributed by atoms with van der Waals surface area (Å²) in [6, 6.07) is 8.72.